The Labute approximate surface area is 154 Å². The number of amides is 1. The van der Waals surface area contributed by atoms with Gasteiger partial charge in [0.05, 0.1) is 17.9 Å². The molecule has 3 N–H and O–H groups in total. The van der Waals surface area contributed by atoms with Gasteiger partial charge in [0, 0.05) is 11.5 Å². The van der Waals surface area contributed by atoms with E-state index in [2.05, 4.69) is 31.3 Å². The zero-order valence-electron chi connectivity index (χ0n) is 15.6. The van der Waals surface area contributed by atoms with Gasteiger partial charge in [-0.3, -0.25) is 4.79 Å². The molecular weight excluding hydrogens is 328 g/mol. The highest BCUT2D eigenvalue weighted by atomic mass is 16.5. The summed E-state index contributed by atoms with van der Waals surface area (Å²) in [4.78, 5) is 24.4. The monoisotopic (exact) mass is 355 g/mol. The molecule has 0 aliphatic rings. The molecule has 0 bridgehead atoms. The highest BCUT2D eigenvalue weighted by Crippen LogP contribution is 2.18. The lowest BCUT2D eigenvalue weighted by Crippen LogP contribution is -2.88. The Hall–Kier alpha value is -2.66. The highest BCUT2D eigenvalue weighted by Gasteiger charge is 2.21. The van der Waals surface area contributed by atoms with Gasteiger partial charge in [-0.1, -0.05) is 56.3 Å². The lowest BCUT2D eigenvalue weighted by Gasteiger charge is -2.19. The smallest absolute Gasteiger partial charge is 0.340 e. The summed E-state index contributed by atoms with van der Waals surface area (Å²) in [7, 11) is 0. The first-order valence-electron chi connectivity index (χ1n) is 8.97. The van der Waals surface area contributed by atoms with Crippen LogP contribution in [0.2, 0.25) is 0 Å². The number of rotatable bonds is 8. The number of hydrogen-bond donors (Lipinski definition) is 2. The molecule has 5 nitrogen and oxygen atoms in total. The van der Waals surface area contributed by atoms with Crippen LogP contribution in [0.25, 0.3) is 0 Å². The van der Waals surface area contributed by atoms with Gasteiger partial charge in [0.25, 0.3) is 5.91 Å². The van der Waals surface area contributed by atoms with Crippen LogP contribution in [0.3, 0.4) is 0 Å². The number of nitrogens with two attached hydrogens (primary N) is 1. The van der Waals surface area contributed by atoms with Gasteiger partial charge in [-0.25, -0.2) is 4.79 Å². The maximum Gasteiger partial charge on any atom is 0.340 e. The molecule has 0 fully saturated rings. The molecule has 0 unspecified atom stereocenters. The average Bonchev–Trinajstić information content (AvgIpc) is 2.63. The van der Waals surface area contributed by atoms with Crippen LogP contribution in [0.5, 0.6) is 0 Å². The molecule has 2 aromatic carbocycles. The minimum atomic E-state index is -0.434. The Morgan fingerprint density at radius 1 is 1.04 bits per heavy atom. The second-order valence-electron chi connectivity index (χ2n) is 6.43. The van der Waals surface area contributed by atoms with Crippen LogP contribution < -0.4 is 10.6 Å². The lowest BCUT2D eigenvalue weighted by molar-refractivity contribution is -0.692. The molecule has 0 spiro atoms. The summed E-state index contributed by atoms with van der Waals surface area (Å²) in [5.74, 6) is -0.197. The summed E-state index contributed by atoms with van der Waals surface area (Å²) in [5, 5.41) is 4.85. The van der Waals surface area contributed by atoms with E-state index >= 15 is 0 Å². The summed E-state index contributed by atoms with van der Waals surface area (Å²) >= 11 is 0. The fourth-order valence-electron chi connectivity index (χ4n) is 2.88. The van der Waals surface area contributed by atoms with Crippen molar-refractivity contribution in [2.45, 2.75) is 26.8 Å². The molecule has 138 valence electrons. The van der Waals surface area contributed by atoms with Crippen molar-refractivity contribution in [3.05, 3.63) is 65.7 Å². The number of benzene rings is 2. The molecule has 26 heavy (non-hydrogen) atoms. The average molecular weight is 355 g/mol. The number of quaternary nitrogens is 1. The molecule has 1 amide bonds. The molecule has 1 atom stereocenters. The summed E-state index contributed by atoms with van der Waals surface area (Å²) in [6.07, 6.45) is 0. The summed E-state index contributed by atoms with van der Waals surface area (Å²) in [6, 6.07) is 17.2. The second-order valence-corrected chi connectivity index (χ2v) is 6.43. The minimum Gasteiger partial charge on any atom is -0.462 e. The second kappa shape index (κ2) is 9.73. The standard InChI is InChI=1S/C21H26N2O3/c1-4-26-21(25)17-12-8-9-13-18(17)23-19(24)14-22-20(15(2)3)16-10-6-5-7-11-16/h5-13,15,20,22H,4,14H2,1-3H3,(H,23,24)/p+1/t20-/m1/s1. The molecule has 0 heterocycles. The van der Waals surface area contributed by atoms with Gasteiger partial charge in [0.15, 0.2) is 6.54 Å². The van der Waals surface area contributed by atoms with Crippen molar-refractivity contribution in [2.75, 3.05) is 18.5 Å². The predicted octanol–water partition coefficient (Wildman–Crippen LogP) is 2.76. The van der Waals surface area contributed by atoms with Crippen molar-refractivity contribution in [3.63, 3.8) is 0 Å². The number of nitrogens with one attached hydrogen (secondary N) is 1. The largest absolute Gasteiger partial charge is 0.462 e. The van der Waals surface area contributed by atoms with E-state index in [0.717, 1.165) is 0 Å². The van der Waals surface area contributed by atoms with Crippen LogP contribution in [0, 0.1) is 5.92 Å². The zero-order valence-corrected chi connectivity index (χ0v) is 15.6. The molecule has 0 aromatic heterocycles. The van der Waals surface area contributed by atoms with Crippen molar-refractivity contribution in [1.29, 1.82) is 0 Å². The molecule has 0 aliphatic carbocycles. The number of anilines is 1. The van der Waals surface area contributed by atoms with Gasteiger partial charge >= 0.3 is 5.97 Å². The third kappa shape index (κ3) is 5.43. The van der Waals surface area contributed by atoms with E-state index in [-0.39, 0.29) is 18.5 Å². The van der Waals surface area contributed by atoms with E-state index < -0.39 is 5.97 Å². The number of hydrogen-bond acceptors (Lipinski definition) is 3. The van der Waals surface area contributed by atoms with Crippen molar-refractivity contribution in [2.24, 2.45) is 5.92 Å². The maximum atomic E-state index is 12.4. The third-order valence-corrected chi connectivity index (χ3v) is 4.16. The number of carbonyl (C=O) groups is 2. The van der Waals surface area contributed by atoms with Crippen LogP contribution in [0.1, 0.15) is 42.7 Å². The Bertz CT molecular complexity index is 729. The molecule has 0 aliphatic heterocycles. The summed E-state index contributed by atoms with van der Waals surface area (Å²) in [5.41, 5.74) is 2.04. The van der Waals surface area contributed by atoms with Crippen LogP contribution >= 0.6 is 0 Å². The Balaban J connectivity index is 2.02. The van der Waals surface area contributed by atoms with E-state index in [9.17, 15) is 9.59 Å². The molecular formula is C21H27N2O3+. The Kier molecular flexibility index (Phi) is 7.36. The van der Waals surface area contributed by atoms with Gasteiger partial charge in [-0.05, 0) is 19.1 Å². The first-order chi connectivity index (χ1) is 12.5. The van der Waals surface area contributed by atoms with E-state index in [0.29, 0.717) is 23.8 Å². The minimum absolute atomic E-state index is 0.150. The SMILES string of the molecule is CCOC(=O)c1ccccc1NC(=O)C[NH2+][C@@H](c1ccccc1)C(C)C. The predicted molar refractivity (Wildman–Crippen MR) is 102 cm³/mol. The first-order valence-corrected chi connectivity index (χ1v) is 8.97. The van der Waals surface area contributed by atoms with Gasteiger partial charge in [0.2, 0.25) is 0 Å². The van der Waals surface area contributed by atoms with E-state index in [1.54, 1.807) is 31.2 Å². The van der Waals surface area contributed by atoms with Gasteiger partial charge in [-0.15, -0.1) is 0 Å². The number of para-hydroxylation sites is 1. The number of ether oxygens (including phenoxy) is 1. The van der Waals surface area contributed by atoms with Crippen molar-refractivity contribution >= 4 is 17.6 Å². The fraction of sp³-hybridized carbons (Fsp3) is 0.333. The zero-order chi connectivity index (χ0) is 18.9. The van der Waals surface area contributed by atoms with Gasteiger partial charge < -0.3 is 15.4 Å². The number of carbonyl (C=O) groups excluding carboxylic acids is 2. The van der Waals surface area contributed by atoms with E-state index in [4.69, 9.17) is 4.74 Å². The van der Waals surface area contributed by atoms with E-state index in [1.165, 1.54) is 5.56 Å². The quantitative estimate of drug-likeness (QED) is 0.715. The van der Waals surface area contributed by atoms with Crippen molar-refractivity contribution in [1.82, 2.24) is 0 Å². The molecule has 2 rings (SSSR count). The van der Waals surface area contributed by atoms with Crippen LogP contribution in [0.15, 0.2) is 54.6 Å². The Morgan fingerprint density at radius 3 is 2.35 bits per heavy atom. The normalized spacial score (nSPS) is 11.8. The highest BCUT2D eigenvalue weighted by molar-refractivity contribution is 6.01. The molecule has 0 saturated carbocycles. The fourth-order valence-corrected chi connectivity index (χ4v) is 2.88. The first kappa shape index (κ1) is 19.7. The van der Waals surface area contributed by atoms with Gasteiger partial charge in [-0.2, -0.15) is 0 Å². The number of esters is 1. The van der Waals surface area contributed by atoms with Crippen molar-refractivity contribution in [3.8, 4) is 0 Å². The summed E-state index contributed by atoms with van der Waals surface area (Å²) in [6.45, 7) is 6.60. The summed E-state index contributed by atoms with van der Waals surface area (Å²) < 4.78 is 5.04. The van der Waals surface area contributed by atoms with Crippen LogP contribution in [0.4, 0.5) is 5.69 Å². The lowest BCUT2D eigenvalue weighted by atomic mass is 9.96. The van der Waals surface area contributed by atoms with Crippen LogP contribution in [-0.4, -0.2) is 25.0 Å². The van der Waals surface area contributed by atoms with Crippen LogP contribution in [-0.2, 0) is 9.53 Å². The van der Waals surface area contributed by atoms with E-state index in [1.807, 2.05) is 23.5 Å². The maximum absolute atomic E-state index is 12.4. The molecule has 2 aromatic rings. The van der Waals surface area contributed by atoms with Crippen molar-refractivity contribution < 1.29 is 19.6 Å². The topological polar surface area (TPSA) is 72.0 Å². The third-order valence-electron chi connectivity index (χ3n) is 4.16. The Morgan fingerprint density at radius 2 is 1.69 bits per heavy atom. The van der Waals surface area contributed by atoms with Gasteiger partial charge in [0.1, 0.15) is 6.04 Å². The molecule has 5 heteroatoms. The molecule has 0 radical (unpaired) electrons. The molecule has 0 saturated heterocycles.